The summed E-state index contributed by atoms with van der Waals surface area (Å²) in [5.41, 5.74) is 1.87. The van der Waals surface area contributed by atoms with Crippen molar-refractivity contribution in [3.05, 3.63) is 83.4 Å². The minimum atomic E-state index is -0.388. The molecule has 0 unspecified atom stereocenters. The molecule has 0 bridgehead atoms. The lowest BCUT2D eigenvalue weighted by Crippen LogP contribution is -2.27. The number of fused-ring (bicyclic) bond motifs is 1. The molecule has 0 aliphatic heterocycles. The first-order valence-corrected chi connectivity index (χ1v) is 10.3. The van der Waals surface area contributed by atoms with Crippen molar-refractivity contribution in [1.82, 2.24) is 5.32 Å². The van der Waals surface area contributed by atoms with Gasteiger partial charge in [0, 0.05) is 5.39 Å². The third-order valence-electron chi connectivity index (χ3n) is 4.99. The van der Waals surface area contributed by atoms with Crippen molar-refractivity contribution in [1.29, 1.82) is 5.26 Å². The van der Waals surface area contributed by atoms with E-state index in [1.54, 1.807) is 6.08 Å². The van der Waals surface area contributed by atoms with Gasteiger partial charge in [-0.05, 0) is 42.0 Å². The number of rotatable bonds is 8. The second-order valence-electron chi connectivity index (χ2n) is 7.18. The topological polar surface area (TPSA) is 62.1 Å². The molecule has 1 atom stereocenters. The van der Waals surface area contributed by atoms with Crippen LogP contribution in [-0.2, 0) is 4.79 Å². The molecule has 1 amide bonds. The first-order valence-electron chi connectivity index (χ1n) is 10.3. The lowest BCUT2D eigenvalue weighted by Gasteiger charge is -2.14. The largest absolute Gasteiger partial charge is 0.493 e. The van der Waals surface area contributed by atoms with Crippen LogP contribution in [0.1, 0.15) is 43.9 Å². The molecule has 4 heteroatoms. The molecular weight excluding hydrogens is 372 g/mol. The van der Waals surface area contributed by atoms with Gasteiger partial charge in [0.1, 0.15) is 17.4 Å². The van der Waals surface area contributed by atoms with Crippen LogP contribution in [0.2, 0.25) is 0 Å². The fourth-order valence-electron chi connectivity index (χ4n) is 3.28. The van der Waals surface area contributed by atoms with Crippen LogP contribution in [0.25, 0.3) is 16.8 Å². The summed E-state index contributed by atoms with van der Waals surface area (Å²) in [6, 6.07) is 23.2. The van der Waals surface area contributed by atoms with E-state index in [0.29, 0.717) is 6.61 Å². The molecule has 3 aromatic carbocycles. The van der Waals surface area contributed by atoms with Gasteiger partial charge in [-0.1, -0.05) is 74.0 Å². The minimum absolute atomic E-state index is 0.0718. The zero-order chi connectivity index (χ0) is 21.3. The van der Waals surface area contributed by atoms with E-state index in [1.807, 2.05) is 79.7 Å². The Balaban J connectivity index is 1.87. The van der Waals surface area contributed by atoms with Gasteiger partial charge in [0.25, 0.3) is 5.91 Å². The third kappa shape index (κ3) is 5.07. The van der Waals surface area contributed by atoms with Crippen molar-refractivity contribution >= 4 is 22.8 Å². The smallest absolute Gasteiger partial charge is 0.262 e. The molecule has 0 fully saturated rings. The van der Waals surface area contributed by atoms with E-state index >= 15 is 0 Å². The monoisotopic (exact) mass is 398 g/mol. The van der Waals surface area contributed by atoms with Crippen LogP contribution in [0, 0.1) is 11.3 Å². The molecule has 0 heterocycles. The van der Waals surface area contributed by atoms with E-state index < -0.39 is 0 Å². The molecule has 0 aliphatic carbocycles. The molecule has 3 rings (SSSR count). The highest BCUT2D eigenvalue weighted by atomic mass is 16.5. The highest BCUT2D eigenvalue weighted by molar-refractivity contribution is 6.05. The number of nitriles is 1. The molecule has 1 N–H and O–H groups in total. The van der Waals surface area contributed by atoms with Crippen LogP contribution in [-0.4, -0.2) is 12.5 Å². The second kappa shape index (κ2) is 10.3. The Hall–Kier alpha value is -3.58. The quantitative estimate of drug-likeness (QED) is 0.296. The van der Waals surface area contributed by atoms with E-state index in [-0.39, 0.29) is 17.5 Å². The Kier molecular flexibility index (Phi) is 7.24. The molecule has 4 nitrogen and oxygen atoms in total. The fraction of sp³-hybridized carbons (Fsp3) is 0.231. The van der Waals surface area contributed by atoms with Gasteiger partial charge in [0.05, 0.1) is 12.6 Å². The molecule has 152 valence electrons. The Morgan fingerprint density at radius 1 is 1.07 bits per heavy atom. The predicted molar refractivity (Wildman–Crippen MR) is 121 cm³/mol. The van der Waals surface area contributed by atoms with Gasteiger partial charge < -0.3 is 10.1 Å². The van der Waals surface area contributed by atoms with Crippen molar-refractivity contribution in [2.75, 3.05) is 6.61 Å². The summed E-state index contributed by atoms with van der Waals surface area (Å²) in [6.07, 6.45) is 3.71. The average Bonchev–Trinajstić information content (AvgIpc) is 2.79. The van der Waals surface area contributed by atoms with Crippen LogP contribution in [0.5, 0.6) is 5.75 Å². The SMILES string of the molecule is CCCCOc1ccc(/C=C(\C#N)C(=O)N[C@@H](C)c2ccccc2)c2ccccc12. The fourth-order valence-corrected chi connectivity index (χ4v) is 3.28. The zero-order valence-electron chi connectivity index (χ0n) is 17.4. The summed E-state index contributed by atoms with van der Waals surface area (Å²) in [6.45, 7) is 4.70. The Bertz CT molecular complexity index is 1080. The molecule has 0 aromatic heterocycles. The standard InChI is InChI=1S/C26H26N2O2/c1-3-4-16-30-25-15-14-21(23-12-8-9-13-24(23)25)17-22(18-27)26(29)28-19(2)20-10-6-5-7-11-20/h5-15,17,19H,3-4,16H2,1-2H3,(H,28,29)/b22-17+/t19-/m0/s1. The lowest BCUT2D eigenvalue weighted by molar-refractivity contribution is -0.117. The van der Waals surface area contributed by atoms with Crippen molar-refractivity contribution in [3.8, 4) is 11.8 Å². The Morgan fingerprint density at radius 3 is 2.47 bits per heavy atom. The summed E-state index contributed by atoms with van der Waals surface area (Å²) in [5.74, 6) is 0.429. The van der Waals surface area contributed by atoms with E-state index in [2.05, 4.69) is 12.2 Å². The van der Waals surface area contributed by atoms with Gasteiger partial charge in [0.15, 0.2) is 0 Å². The molecule has 0 saturated carbocycles. The van der Waals surface area contributed by atoms with Gasteiger partial charge in [-0.3, -0.25) is 4.79 Å². The summed E-state index contributed by atoms with van der Waals surface area (Å²) in [4.78, 5) is 12.7. The summed E-state index contributed by atoms with van der Waals surface area (Å²) >= 11 is 0. The highest BCUT2D eigenvalue weighted by Gasteiger charge is 2.15. The number of nitrogens with zero attached hydrogens (tertiary/aromatic N) is 1. The zero-order valence-corrected chi connectivity index (χ0v) is 17.4. The van der Waals surface area contributed by atoms with Crippen LogP contribution >= 0.6 is 0 Å². The number of hydrogen-bond acceptors (Lipinski definition) is 3. The van der Waals surface area contributed by atoms with Crippen LogP contribution < -0.4 is 10.1 Å². The maximum Gasteiger partial charge on any atom is 0.262 e. The van der Waals surface area contributed by atoms with E-state index in [0.717, 1.165) is 40.5 Å². The third-order valence-corrected chi connectivity index (χ3v) is 4.99. The van der Waals surface area contributed by atoms with Gasteiger partial charge in [-0.15, -0.1) is 0 Å². The minimum Gasteiger partial charge on any atom is -0.493 e. The molecule has 0 aliphatic rings. The summed E-state index contributed by atoms with van der Waals surface area (Å²) in [5, 5.41) is 14.4. The maximum absolute atomic E-state index is 12.7. The molecule has 3 aromatic rings. The van der Waals surface area contributed by atoms with Gasteiger partial charge >= 0.3 is 0 Å². The second-order valence-corrected chi connectivity index (χ2v) is 7.18. The molecule has 0 radical (unpaired) electrons. The normalized spacial score (nSPS) is 12.2. The lowest BCUT2D eigenvalue weighted by atomic mass is 10.0. The Labute approximate surface area is 177 Å². The number of nitrogens with one attached hydrogen (secondary N) is 1. The first-order chi connectivity index (χ1) is 14.6. The number of benzene rings is 3. The van der Waals surface area contributed by atoms with E-state index in [4.69, 9.17) is 4.74 Å². The summed E-state index contributed by atoms with van der Waals surface area (Å²) in [7, 11) is 0. The van der Waals surface area contributed by atoms with Crippen molar-refractivity contribution in [3.63, 3.8) is 0 Å². The number of carbonyl (C=O) groups is 1. The van der Waals surface area contributed by atoms with E-state index in [9.17, 15) is 10.1 Å². The van der Waals surface area contributed by atoms with Crippen LogP contribution in [0.3, 0.4) is 0 Å². The van der Waals surface area contributed by atoms with Crippen LogP contribution in [0.4, 0.5) is 0 Å². The average molecular weight is 399 g/mol. The Morgan fingerprint density at radius 2 is 1.77 bits per heavy atom. The number of ether oxygens (including phenoxy) is 1. The van der Waals surface area contributed by atoms with Crippen molar-refractivity contribution < 1.29 is 9.53 Å². The molecule has 0 saturated heterocycles. The van der Waals surface area contributed by atoms with Crippen molar-refractivity contribution in [2.45, 2.75) is 32.7 Å². The number of amides is 1. The molecule has 30 heavy (non-hydrogen) atoms. The highest BCUT2D eigenvalue weighted by Crippen LogP contribution is 2.30. The van der Waals surface area contributed by atoms with Crippen molar-refractivity contribution in [2.24, 2.45) is 0 Å². The summed E-state index contributed by atoms with van der Waals surface area (Å²) < 4.78 is 5.93. The van der Waals surface area contributed by atoms with Gasteiger partial charge in [-0.25, -0.2) is 0 Å². The molecular formula is C26H26N2O2. The van der Waals surface area contributed by atoms with E-state index in [1.165, 1.54) is 0 Å². The predicted octanol–water partition coefficient (Wildman–Crippen LogP) is 5.80. The molecule has 0 spiro atoms. The number of unbranched alkanes of at least 4 members (excludes halogenated alkanes) is 1. The van der Waals surface area contributed by atoms with Gasteiger partial charge in [-0.2, -0.15) is 5.26 Å². The van der Waals surface area contributed by atoms with Gasteiger partial charge in [0.2, 0.25) is 0 Å². The first kappa shape index (κ1) is 21.1. The number of hydrogen-bond donors (Lipinski definition) is 1. The maximum atomic E-state index is 12.7. The van der Waals surface area contributed by atoms with Crippen LogP contribution in [0.15, 0.2) is 72.3 Å². The number of carbonyl (C=O) groups excluding carboxylic acids is 1.